The highest BCUT2D eigenvalue weighted by Crippen LogP contribution is 2.28. The van der Waals surface area contributed by atoms with Gasteiger partial charge in [-0.25, -0.2) is 4.39 Å². The number of nitrogens with zero attached hydrogens (tertiary/aromatic N) is 3. The van der Waals surface area contributed by atoms with E-state index >= 15 is 0 Å². The number of aliphatic imine (C=N–C) groups is 1. The van der Waals surface area contributed by atoms with E-state index in [9.17, 15) is 24.6 Å². The van der Waals surface area contributed by atoms with Gasteiger partial charge in [-0.05, 0) is 37.3 Å². The zero-order chi connectivity index (χ0) is 19.8. The van der Waals surface area contributed by atoms with Gasteiger partial charge in [0.05, 0.1) is 22.5 Å². The summed E-state index contributed by atoms with van der Waals surface area (Å²) < 4.78 is 18.2. The highest BCUT2D eigenvalue weighted by atomic mass is 19.1. The summed E-state index contributed by atoms with van der Waals surface area (Å²) in [6.45, 7) is 2.17. The molecule has 0 aromatic heterocycles. The Morgan fingerprint density at radius 2 is 1.85 bits per heavy atom. The number of benzene rings is 2. The third-order valence-corrected chi connectivity index (χ3v) is 3.29. The van der Waals surface area contributed by atoms with Gasteiger partial charge >= 0.3 is 5.69 Å². The van der Waals surface area contributed by atoms with Crippen LogP contribution in [0.1, 0.15) is 6.92 Å². The number of hydrogen-bond acceptors (Lipinski definition) is 7. The standard InChI is InChI=1S/C16H16FN5O5/c1-11(18-8-9-27-14-5-2-12(17)3-6-14)19-20-15-7-4-13(21(23)24)10-16(15)22(25)26/h2-7,10,20H,8-9H2,1H3,(H,18,19). The Hall–Kier alpha value is -3.76. The van der Waals surface area contributed by atoms with Gasteiger partial charge in [-0.2, -0.15) is 0 Å². The lowest BCUT2D eigenvalue weighted by Crippen LogP contribution is -2.28. The molecule has 2 rings (SSSR count). The molecule has 27 heavy (non-hydrogen) atoms. The highest BCUT2D eigenvalue weighted by Gasteiger charge is 2.19. The number of hydrazine groups is 1. The Balaban J connectivity index is 1.87. The molecule has 142 valence electrons. The minimum Gasteiger partial charge on any atom is -0.492 e. The Labute approximate surface area is 152 Å². The van der Waals surface area contributed by atoms with Gasteiger partial charge in [0.2, 0.25) is 0 Å². The normalized spacial score (nSPS) is 11.0. The van der Waals surface area contributed by atoms with Gasteiger partial charge in [0.15, 0.2) is 0 Å². The molecule has 0 bridgehead atoms. The zero-order valence-electron chi connectivity index (χ0n) is 14.2. The maximum absolute atomic E-state index is 12.8. The van der Waals surface area contributed by atoms with E-state index in [-0.39, 0.29) is 23.8 Å². The first-order valence-electron chi connectivity index (χ1n) is 7.71. The third-order valence-electron chi connectivity index (χ3n) is 3.29. The first-order chi connectivity index (χ1) is 12.9. The summed E-state index contributed by atoms with van der Waals surface area (Å²) in [5.74, 6) is 0.578. The predicted molar refractivity (Wildman–Crippen MR) is 96.4 cm³/mol. The fourth-order valence-electron chi connectivity index (χ4n) is 2.00. The summed E-state index contributed by atoms with van der Waals surface area (Å²) in [6, 6.07) is 8.82. The molecular weight excluding hydrogens is 361 g/mol. The molecule has 0 fully saturated rings. The van der Waals surface area contributed by atoms with E-state index in [1.807, 2.05) is 0 Å². The first-order valence-corrected chi connectivity index (χ1v) is 7.71. The maximum atomic E-state index is 12.8. The molecule has 0 amide bonds. The van der Waals surface area contributed by atoms with Gasteiger partial charge in [-0.1, -0.05) is 0 Å². The van der Waals surface area contributed by atoms with Crippen LogP contribution in [0.2, 0.25) is 0 Å². The van der Waals surface area contributed by atoms with Crippen molar-refractivity contribution in [2.24, 2.45) is 4.99 Å². The van der Waals surface area contributed by atoms with Crippen molar-refractivity contribution in [3.8, 4) is 5.75 Å². The quantitative estimate of drug-likeness (QED) is 0.237. The molecule has 2 N–H and O–H groups in total. The maximum Gasteiger partial charge on any atom is 0.300 e. The molecule has 10 nitrogen and oxygen atoms in total. The Bertz CT molecular complexity index is 857. The molecular formula is C16H16FN5O5. The van der Waals surface area contributed by atoms with E-state index in [1.54, 1.807) is 6.92 Å². The van der Waals surface area contributed by atoms with Crippen LogP contribution < -0.4 is 15.6 Å². The average molecular weight is 377 g/mol. The molecule has 0 radical (unpaired) electrons. The second kappa shape index (κ2) is 9.08. The van der Waals surface area contributed by atoms with Gasteiger partial charge in [-0.15, -0.1) is 0 Å². The van der Waals surface area contributed by atoms with Crippen LogP contribution in [0.3, 0.4) is 0 Å². The van der Waals surface area contributed by atoms with Gasteiger partial charge in [0.25, 0.3) is 5.69 Å². The molecule has 0 heterocycles. The molecule has 11 heteroatoms. The van der Waals surface area contributed by atoms with Crippen molar-refractivity contribution in [1.29, 1.82) is 0 Å². The molecule has 0 aliphatic carbocycles. The Kier molecular flexibility index (Phi) is 6.58. The van der Waals surface area contributed by atoms with Crippen LogP contribution in [0.15, 0.2) is 47.5 Å². The number of rotatable bonds is 8. The smallest absolute Gasteiger partial charge is 0.300 e. The molecule has 2 aromatic carbocycles. The number of nitro benzene ring substituents is 2. The number of hydrogen-bond donors (Lipinski definition) is 2. The molecule has 0 spiro atoms. The minimum absolute atomic E-state index is 0.0581. The van der Waals surface area contributed by atoms with Crippen molar-refractivity contribution >= 4 is 22.9 Å². The van der Waals surface area contributed by atoms with E-state index < -0.39 is 15.5 Å². The number of amidine groups is 1. The fraction of sp³-hybridized carbons (Fsp3) is 0.188. The van der Waals surface area contributed by atoms with Crippen molar-refractivity contribution in [3.63, 3.8) is 0 Å². The van der Waals surface area contributed by atoms with Crippen LogP contribution in [-0.2, 0) is 0 Å². The number of nitrogens with one attached hydrogen (secondary N) is 2. The van der Waals surface area contributed by atoms with Crippen LogP contribution in [0.4, 0.5) is 21.5 Å². The van der Waals surface area contributed by atoms with E-state index in [0.717, 1.165) is 12.1 Å². The largest absolute Gasteiger partial charge is 0.492 e. The molecule has 0 unspecified atom stereocenters. The molecule has 0 aliphatic rings. The SMILES string of the molecule is CC(=NCCOc1ccc(F)cc1)NNc1ccc([N+](=O)[O-])cc1[N+](=O)[O-]. The van der Waals surface area contributed by atoms with Crippen LogP contribution in [0, 0.1) is 26.0 Å². The summed E-state index contributed by atoms with van der Waals surface area (Å²) in [4.78, 5) is 24.5. The topological polar surface area (TPSA) is 132 Å². The highest BCUT2D eigenvalue weighted by molar-refractivity contribution is 5.81. The van der Waals surface area contributed by atoms with Crippen molar-refractivity contribution in [3.05, 3.63) is 68.5 Å². The molecule has 0 saturated carbocycles. The molecule has 0 saturated heterocycles. The average Bonchev–Trinajstić information content (AvgIpc) is 2.64. The second-order valence-corrected chi connectivity index (χ2v) is 5.24. The Morgan fingerprint density at radius 1 is 1.15 bits per heavy atom. The number of halogens is 1. The van der Waals surface area contributed by atoms with Crippen LogP contribution in [-0.4, -0.2) is 28.8 Å². The zero-order valence-corrected chi connectivity index (χ0v) is 14.2. The molecule has 0 atom stereocenters. The lowest BCUT2D eigenvalue weighted by Gasteiger charge is -2.10. The van der Waals surface area contributed by atoms with Crippen molar-refractivity contribution in [2.45, 2.75) is 6.92 Å². The summed E-state index contributed by atoms with van der Waals surface area (Å²) in [6.07, 6.45) is 0. The third kappa shape index (κ3) is 5.92. The number of ether oxygens (including phenoxy) is 1. The van der Waals surface area contributed by atoms with Gasteiger partial charge in [0, 0.05) is 6.07 Å². The second-order valence-electron chi connectivity index (χ2n) is 5.24. The summed E-state index contributed by atoms with van der Waals surface area (Å²) in [5.41, 5.74) is 4.51. The van der Waals surface area contributed by atoms with Gasteiger partial charge < -0.3 is 4.74 Å². The fourth-order valence-corrected chi connectivity index (χ4v) is 2.00. The van der Waals surface area contributed by atoms with E-state index in [2.05, 4.69) is 15.8 Å². The summed E-state index contributed by atoms with van der Waals surface area (Å²) in [5, 5.41) is 21.8. The van der Waals surface area contributed by atoms with Crippen LogP contribution in [0.25, 0.3) is 0 Å². The van der Waals surface area contributed by atoms with Crippen molar-refractivity contribution in [1.82, 2.24) is 5.43 Å². The van der Waals surface area contributed by atoms with Gasteiger partial charge in [-0.3, -0.25) is 36.1 Å². The first kappa shape index (κ1) is 19.6. The van der Waals surface area contributed by atoms with Crippen molar-refractivity contribution in [2.75, 3.05) is 18.6 Å². The summed E-state index contributed by atoms with van der Waals surface area (Å²) in [7, 11) is 0. The van der Waals surface area contributed by atoms with E-state index in [0.29, 0.717) is 18.1 Å². The summed E-state index contributed by atoms with van der Waals surface area (Å²) >= 11 is 0. The van der Waals surface area contributed by atoms with Crippen molar-refractivity contribution < 1.29 is 19.0 Å². The molecule has 2 aromatic rings. The Morgan fingerprint density at radius 3 is 2.48 bits per heavy atom. The van der Waals surface area contributed by atoms with Crippen LogP contribution >= 0.6 is 0 Å². The molecule has 0 aliphatic heterocycles. The monoisotopic (exact) mass is 377 g/mol. The predicted octanol–water partition coefficient (Wildman–Crippen LogP) is 3.06. The van der Waals surface area contributed by atoms with E-state index in [4.69, 9.17) is 4.74 Å². The number of nitro groups is 2. The lowest BCUT2D eigenvalue weighted by atomic mass is 10.2. The lowest BCUT2D eigenvalue weighted by molar-refractivity contribution is -0.393. The minimum atomic E-state index is -0.722. The number of non-ortho nitro benzene ring substituents is 1. The van der Waals surface area contributed by atoms with Gasteiger partial charge in [0.1, 0.15) is 29.7 Å². The van der Waals surface area contributed by atoms with Crippen LogP contribution in [0.5, 0.6) is 5.75 Å². The van der Waals surface area contributed by atoms with E-state index in [1.165, 1.54) is 30.3 Å². The number of anilines is 1.